The summed E-state index contributed by atoms with van der Waals surface area (Å²) >= 11 is 0. The molecule has 1 aliphatic heterocycles. The van der Waals surface area contributed by atoms with Gasteiger partial charge in [0.15, 0.2) is 5.82 Å². The number of nitrogens with one attached hydrogen (secondary N) is 2. The zero-order chi connectivity index (χ0) is 22.4. The molecule has 9 heteroatoms. The van der Waals surface area contributed by atoms with Crippen LogP contribution >= 0.6 is 0 Å². The molecule has 2 aromatic carbocycles. The molecule has 0 aliphatic carbocycles. The van der Waals surface area contributed by atoms with Crippen molar-refractivity contribution in [2.45, 2.75) is 25.9 Å². The van der Waals surface area contributed by atoms with Gasteiger partial charge in [-0.15, -0.1) is 0 Å². The molecule has 0 bridgehead atoms. The Balaban J connectivity index is 1.50. The molecule has 1 aliphatic rings. The maximum absolute atomic E-state index is 14.4. The predicted octanol–water partition coefficient (Wildman–Crippen LogP) is 3.09. The van der Waals surface area contributed by atoms with E-state index in [0.717, 1.165) is 24.2 Å². The first kappa shape index (κ1) is 20.3. The van der Waals surface area contributed by atoms with Crippen LogP contribution in [0.3, 0.4) is 0 Å². The molecule has 164 valence electrons. The lowest BCUT2D eigenvalue weighted by Crippen LogP contribution is -2.54. The van der Waals surface area contributed by atoms with E-state index >= 15 is 0 Å². The van der Waals surface area contributed by atoms with Crippen molar-refractivity contribution in [2.24, 2.45) is 7.05 Å². The van der Waals surface area contributed by atoms with Crippen LogP contribution in [-0.2, 0) is 7.05 Å². The predicted molar refractivity (Wildman–Crippen MR) is 122 cm³/mol. The summed E-state index contributed by atoms with van der Waals surface area (Å²) in [6.07, 6.45) is 4.89. The number of halogens is 1. The van der Waals surface area contributed by atoms with Gasteiger partial charge in [0.25, 0.3) is 5.91 Å². The quantitative estimate of drug-likeness (QED) is 0.516. The number of aryl methyl sites for hydroxylation is 1. The summed E-state index contributed by atoms with van der Waals surface area (Å²) in [5, 5.41) is 11.9. The molecule has 32 heavy (non-hydrogen) atoms. The van der Waals surface area contributed by atoms with Crippen LogP contribution in [0.25, 0.3) is 21.8 Å². The topological polar surface area (TPSA) is 88.0 Å². The second kappa shape index (κ2) is 7.83. The molecule has 2 atom stereocenters. The van der Waals surface area contributed by atoms with Crippen LogP contribution in [0.4, 0.5) is 15.8 Å². The van der Waals surface area contributed by atoms with Gasteiger partial charge in [0.2, 0.25) is 0 Å². The number of piperazine rings is 1. The molecule has 1 amide bonds. The Morgan fingerprint density at radius 1 is 1.19 bits per heavy atom. The van der Waals surface area contributed by atoms with E-state index in [-0.39, 0.29) is 11.4 Å². The van der Waals surface area contributed by atoms with Crippen LogP contribution in [0, 0.1) is 5.82 Å². The summed E-state index contributed by atoms with van der Waals surface area (Å²) in [6, 6.07) is 7.39. The van der Waals surface area contributed by atoms with Crippen LogP contribution in [0.5, 0.6) is 0 Å². The second-order valence-electron chi connectivity index (χ2n) is 8.44. The van der Waals surface area contributed by atoms with Crippen LogP contribution in [-0.4, -0.2) is 50.8 Å². The summed E-state index contributed by atoms with van der Waals surface area (Å²) in [6.45, 7) is 6.01. The molecule has 1 saturated heterocycles. The number of fused-ring (bicyclic) bond motifs is 2. The summed E-state index contributed by atoms with van der Waals surface area (Å²) in [4.78, 5) is 24.0. The Labute approximate surface area is 184 Å². The molecule has 0 radical (unpaired) electrons. The maximum Gasteiger partial charge on any atom is 0.257 e. The van der Waals surface area contributed by atoms with Gasteiger partial charge >= 0.3 is 0 Å². The third kappa shape index (κ3) is 3.64. The molecular formula is C23H24FN7O. The molecule has 5 rings (SSSR count). The fraction of sp³-hybridized carbons (Fsp3) is 0.304. The lowest BCUT2D eigenvalue weighted by atomic mass is 10.0. The average molecular weight is 433 g/mol. The Morgan fingerprint density at radius 3 is 2.75 bits per heavy atom. The van der Waals surface area contributed by atoms with Crippen LogP contribution in [0.1, 0.15) is 24.2 Å². The molecule has 2 N–H and O–H groups in total. The van der Waals surface area contributed by atoms with E-state index in [1.165, 1.54) is 12.4 Å². The molecule has 0 saturated carbocycles. The van der Waals surface area contributed by atoms with Crippen molar-refractivity contribution in [3.05, 3.63) is 54.4 Å². The minimum Gasteiger partial charge on any atom is -0.368 e. The molecule has 2 aromatic heterocycles. The first-order valence-corrected chi connectivity index (χ1v) is 10.6. The fourth-order valence-corrected chi connectivity index (χ4v) is 4.53. The highest BCUT2D eigenvalue weighted by Gasteiger charge is 2.24. The highest BCUT2D eigenvalue weighted by Crippen LogP contribution is 2.30. The number of nitrogens with zero attached hydrogens (tertiary/aromatic N) is 5. The van der Waals surface area contributed by atoms with Crippen molar-refractivity contribution in [1.29, 1.82) is 0 Å². The molecule has 8 nitrogen and oxygen atoms in total. The van der Waals surface area contributed by atoms with Crippen molar-refractivity contribution in [3.63, 3.8) is 0 Å². The number of anilines is 2. The highest BCUT2D eigenvalue weighted by molar-refractivity contribution is 6.14. The summed E-state index contributed by atoms with van der Waals surface area (Å²) in [5.41, 5.74) is 2.61. The Kier molecular flexibility index (Phi) is 4.97. The van der Waals surface area contributed by atoms with E-state index in [1.54, 1.807) is 36.3 Å². The first-order valence-electron chi connectivity index (χ1n) is 10.6. The Bertz CT molecular complexity index is 1320. The van der Waals surface area contributed by atoms with Crippen molar-refractivity contribution in [1.82, 2.24) is 25.1 Å². The van der Waals surface area contributed by atoms with Gasteiger partial charge < -0.3 is 15.5 Å². The molecule has 0 unspecified atom stereocenters. The molecule has 0 spiro atoms. The van der Waals surface area contributed by atoms with Gasteiger partial charge in [-0.05, 0) is 38.1 Å². The van der Waals surface area contributed by atoms with E-state index in [9.17, 15) is 9.18 Å². The first-order chi connectivity index (χ1) is 15.4. The number of aromatic nitrogens is 4. The van der Waals surface area contributed by atoms with Crippen molar-refractivity contribution in [3.8, 4) is 0 Å². The standard InChI is InChI=1S/C23H24FN7O/c1-13-9-31(10-14(2)27-13)20-5-4-17(22-18(20)8-25-12-26-22)23(32)28-16-6-15-11-30(3)29-21(15)19(24)7-16/h4-8,11-14,27H,9-10H2,1-3H3,(H,28,32)/t13-,14+. The number of carbonyl (C=O) groups is 1. The summed E-state index contributed by atoms with van der Waals surface area (Å²) in [5.74, 6) is -0.840. The number of hydrogen-bond donors (Lipinski definition) is 2. The summed E-state index contributed by atoms with van der Waals surface area (Å²) < 4.78 is 16.0. The largest absolute Gasteiger partial charge is 0.368 e. The van der Waals surface area contributed by atoms with Crippen molar-refractivity contribution in [2.75, 3.05) is 23.3 Å². The van der Waals surface area contributed by atoms with Gasteiger partial charge in [0.05, 0.1) is 11.1 Å². The van der Waals surface area contributed by atoms with Gasteiger partial charge in [-0.2, -0.15) is 5.10 Å². The Morgan fingerprint density at radius 2 is 1.97 bits per heavy atom. The van der Waals surface area contributed by atoms with Gasteiger partial charge in [-0.3, -0.25) is 9.48 Å². The SMILES string of the molecule is C[C@@H]1CN(c2ccc(C(=O)Nc3cc(F)c4nn(C)cc4c3)c3ncncc23)C[C@H](C)N1. The fourth-order valence-electron chi connectivity index (χ4n) is 4.53. The van der Waals surface area contributed by atoms with Gasteiger partial charge in [-0.25, -0.2) is 14.4 Å². The third-order valence-electron chi connectivity index (χ3n) is 5.73. The van der Waals surface area contributed by atoms with E-state index in [0.29, 0.717) is 34.2 Å². The zero-order valence-electron chi connectivity index (χ0n) is 18.1. The third-order valence-corrected chi connectivity index (χ3v) is 5.73. The average Bonchev–Trinajstić information content (AvgIpc) is 3.13. The minimum atomic E-state index is -0.483. The van der Waals surface area contributed by atoms with Crippen LogP contribution in [0.2, 0.25) is 0 Å². The molecule has 1 fully saturated rings. The van der Waals surface area contributed by atoms with Gasteiger partial charge in [-0.1, -0.05) is 0 Å². The van der Waals surface area contributed by atoms with E-state index in [2.05, 4.69) is 44.4 Å². The summed E-state index contributed by atoms with van der Waals surface area (Å²) in [7, 11) is 1.73. The monoisotopic (exact) mass is 433 g/mol. The number of hydrogen-bond acceptors (Lipinski definition) is 6. The normalized spacial score (nSPS) is 18.9. The van der Waals surface area contributed by atoms with Crippen LogP contribution in [0.15, 0.2) is 43.0 Å². The van der Waals surface area contributed by atoms with E-state index in [1.807, 2.05) is 6.07 Å². The number of rotatable bonds is 3. The lowest BCUT2D eigenvalue weighted by molar-refractivity contribution is 0.102. The van der Waals surface area contributed by atoms with Crippen molar-refractivity contribution < 1.29 is 9.18 Å². The smallest absolute Gasteiger partial charge is 0.257 e. The van der Waals surface area contributed by atoms with Crippen molar-refractivity contribution >= 4 is 39.1 Å². The number of amides is 1. The highest BCUT2D eigenvalue weighted by atomic mass is 19.1. The number of carbonyl (C=O) groups excluding carboxylic acids is 1. The molecular weight excluding hydrogens is 409 g/mol. The van der Waals surface area contributed by atoms with Crippen LogP contribution < -0.4 is 15.5 Å². The van der Waals surface area contributed by atoms with Gasteiger partial charge in [0.1, 0.15) is 11.8 Å². The van der Waals surface area contributed by atoms with E-state index < -0.39 is 5.82 Å². The van der Waals surface area contributed by atoms with E-state index in [4.69, 9.17) is 0 Å². The lowest BCUT2D eigenvalue weighted by Gasteiger charge is -2.38. The molecule has 4 aromatic rings. The Hall–Kier alpha value is -3.59. The zero-order valence-corrected chi connectivity index (χ0v) is 18.1. The van der Waals surface area contributed by atoms with Gasteiger partial charge in [0, 0.05) is 66.8 Å². The number of benzene rings is 2. The molecule has 3 heterocycles. The second-order valence-corrected chi connectivity index (χ2v) is 8.44. The maximum atomic E-state index is 14.4. The minimum absolute atomic E-state index is 0.271.